The zero-order valence-electron chi connectivity index (χ0n) is 13.4. The monoisotopic (exact) mass is 353 g/mol. The van der Waals surface area contributed by atoms with Crippen LogP contribution in [0.2, 0.25) is 5.02 Å². The van der Waals surface area contributed by atoms with E-state index >= 15 is 0 Å². The highest BCUT2D eigenvalue weighted by Crippen LogP contribution is 2.49. The van der Waals surface area contributed by atoms with Crippen molar-refractivity contribution in [2.45, 2.75) is 25.0 Å². The zero-order chi connectivity index (χ0) is 17.1. The first-order valence-corrected chi connectivity index (χ1v) is 8.90. The van der Waals surface area contributed by atoms with Crippen molar-refractivity contribution in [2.24, 2.45) is 11.8 Å². The fraction of sp³-hybridized carbons (Fsp3) is 0.300. The van der Waals surface area contributed by atoms with Crippen LogP contribution in [0.25, 0.3) is 11.1 Å². The molecule has 0 radical (unpaired) electrons. The van der Waals surface area contributed by atoms with Crippen molar-refractivity contribution in [3.8, 4) is 11.1 Å². The molecule has 126 valence electrons. The van der Waals surface area contributed by atoms with E-state index in [9.17, 15) is 9.59 Å². The Labute approximate surface area is 150 Å². The Hall–Kier alpha value is -2.17. The summed E-state index contributed by atoms with van der Waals surface area (Å²) in [6.07, 6.45) is 1.61. The van der Waals surface area contributed by atoms with E-state index in [1.807, 2.05) is 48.5 Å². The maximum Gasteiger partial charge on any atom is 0.240 e. The molecule has 0 aromatic heterocycles. The van der Waals surface area contributed by atoms with Gasteiger partial charge in [-0.1, -0.05) is 35.9 Å². The summed E-state index contributed by atoms with van der Waals surface area (Å²) in [7, 11) is 0. The van der Waals surface area contributed by atoms with Gasteiger partial charge in [0.25, 0.3) is 0 Å². The second kappa shape index (κ2) is 5.41. The Balaban J connectivity index is 1.45. The highest BCUT2D eigenvalue weighted by Gasteiger charge is 2.62. The molecular formula is C20H16ClNO3. The molecule has 3 fully saturated rings. The van der Waals surface area contributed by atoms with Crippen LogP contribution in [0.1, 0.15) is 12.8 Å². The number of hydrogen-bond donors (Lipinski definition) is 0. The quantitative estimate of drug-likeness (QED) is 0.774. The van der Waals surface area contributed by atoms with Crippen molar-refractivity contribution >= 4 is 29.1 Å². The van der Waals surface area contributed by atoms with E-state index < -0.39 is 0 Å². The van der Waals surface area contributed by atoms with Gasteiger partial charge in [-0.15, -0.1) is 0 Å². The summed E-state index contributed by atoms with van der Waals surface area (Å²) in [6, 6.07) is 15.1. The summed E-state index contributed by atoms with van der Waals surface area (Å²) in [6.45, 7) is 0. The molecule has 4 atom stereocenters. The zero-order valence-corrected chi connectivity index (χ0v) is 14.1. The number of amides is 2. The Morgan fingerprint density at radius 1 is 0.800 bits per heavy atom. The molecule has 0 N–H and O–H groups in total. The molecule has 2 aromatic rings. The molecule has 3 aliphatic heterocycles. The van der Waals surface area contributed by atoms with Gasteiger partial charge in [0.1, 0.15) is 0 Å². The maximum atomic E-state index is 12.8. The molecule has 4 nitrogen and oxygen atoms in total. The van der Waals surface area contributed by atoms with E-state index in [2.05, 4.69) is 0 Å². The van der Waals surface area contributed by atoms with Gasteiger partial charge >= 0.3 is 0 Å². The molecule has 0 spiro atoms. The normalized spacial score (nSPS) is 30.2. The van der Waals surface area contributed by atoms with Gasteiger partial charge in [0.15, 0.2) is 0 Å². The van der Waals surface area contributed by atoms with Gasteiger partial charge in [0, 0.05) is 5.02 Å². The number of carbonyl (C=O) groups excluding carboxylic acids is 2. The highest BCUT2D eigenvalue weighted by atomic mass is 35.5. The third-order valence-electron chi connectivity index (χ3n) is 5.59. The van der Waals surface area contributed by atoms with Crippen molar-refractivity contribution in [2.75, 3.05) is 4.90 Å². The van der Waals surface area contributed by atoms with Gasteiger partial charge in [-0.2, -0.15) is 0 Å². The van der Waals surface area contributed by atoms with Gasteiger partial charge < -0.3 is 4.74 Å². The smallest absolute Gasteiger partial charge is 0.240 e. The number of benzene rings is 2. The summed E-state index contributed by atoms with van der Waals surface area (Å²) in [5.74, 6) is -0.799. The molecular weight excluding hydrogens is 338 g/mol. The van der Waals surface area contributed by atoms with Gasteiger partial charge in [-0.3, -0.25) is 9.59 Å². The van der Waals surface area contributed by atoms with Gasteiger partial charge in [0.2, 0.25) is 11.8 Å². The molecule has 5 heteroatoms. The van der Waals surface area contributed by atoms with Crippen LogP contribution >= 0.6 is 11.6 Å². The summed E-state index contributed by atoms with van der Waals surface area (Å²) < 4.78 is 5.77. The molecule has 3 heterocycles. The number of nitrogens with zero attached hydrogens (tertiary/aromatic N) is 1. The lowest BCUT2D eigenvalue weighted by Gasteiger charge is -2.18. The molecule has 2 bridgehead atoms. The first-order chi connectivity index (χ1) is 12.1. The van der Waals surface area contributed by atoms with Gasteiger partial charge in [0.05, 0.1) is 29.7 Å². The van der Waals surface area contributed by atoms with Crippen LogP contribution in [0.3, 0.4) is 0 Å². The van der Waals surface area contributed by atoms with Crippen molar-refractivity contribution in [3.05, 3.63) is 53.6 Å². The number of carbonyl (C=O) groups is 2. The fourth-order valence-electron chi connectivity index (χ4n) is 4.41. The van der Waals surface area contributed by atoms with Crippen molar-refractivity contribution in [1.82, 2.24) is 0 Å². The fourth-order valence-corrected chi connectivity index (χ4v) is 4.54. The average molecular weight is 354 g/mol. The van der Waals surface area contributed by atoms with Crippen LogP contribution in [0.4, 0.5) is 5.69 Å². The van der Waals surface area contributed by atoms with Crippen LogP contribution < -0.4 is 4.90 Å². The van der Waals surface area contributed by atoms with E-state index in [-0.39, 0.29) is 35.9 Å². The topological polar surface area (TPSA) is 46.6 Å². The second-order valence-corrected chi connectivity index (χ2v) is 7.34. The van der Waals surface area contributed by atoms with Crippen molar-refractivity contribution < 1.29 is 14.3 Å². The minimum atomic E-state index is -0.290. The minimum absolute atomic E-state index is 0.0789. The molecule has 5 rings (SSSR count). The predicted octanol–water partition coefficient (Wildman–Crippen LogP) is 3.67. The number of hydrogen-bond acceptors (Lipinski definition) is 3. The minimum Gasteiger partial charge on any atom is -0.373 e. The van der Waals surface area contributed by atoms with Crippen LogP contribution in [0, 0.1) is 11.8 Å². The van der Waals surface area contributed by atoms with E-state index in [4.69, 9.17) is 16.3 Å². The maximum absolute atomic E-state index is 12.8. The van der Waals surface area contributed by atoms with Crippen LogP contribution in [0.15, 0.2) is 48.5 Å². The Kier molecular flexibility index (Phi) is 3.27. The molecule has 3 saturated heterocycles. The Morgan fingerprint density at radius 2 is 1.28 bits per heavy atom. The number of anilines is 1. The third kappa shape index (κ3) is 2.17. The molecule has 25 heavy (non-hydrogen) atoms. The lowest BCUT2D eigenvalue weighted by Crippen LogP contribution is -2.34. The van der Waals surface area contributed by atoms with Crippen molar-refractivity contribution in [3.63, 3.8) is 0 Å². The number of fused-ring (bicyclic) bond motifs is 5. The molecule has 2 aromatic carbocycles. The third-order valence-corrected chi connectivity index (χ3v) is 5.84. The lowest BCUT2D eigenvalue weighted by atomic mass is 9.81. The second-order valence-electron chi connectivity index (χ2n) is 6.91. The SMILES string of the molecule is O=C1[C@@H]2[C@H](C(=O)N1c1ccc(-c3ccc(Cl)cc3)cc1)[C@H]1CC[C@H]2O1. The highest BCUT2D eigenvalue weighted by molar-refractivity contribution is 6.30. The summed E-state index contributed by atoms with van der Waals surface area (Å²) in [4.78, 5) is 26.9. The predicted molar refractivity (Wildman–Crippen MR) is 94.3 cm³/mol. The number of ether oxygens (including phenoxy) is 1. The van der Waals surface area contributed by atoms with E-state index in [0.717, 1.165) is 24.0 Å². The van der Waals surface area contributed by atoms with E-state index in [1.54, 1.807) is 0 Å². The van der Waals surface area contributed by atoms with Gasteiger partial charge in [-0.25, -0.2) is 4.90 Å². The Morgan fingerprint density at radius 3 is 1.80 bits per heavy atom. The number of halogens is 1. The number of imide groups is 1. The van der Waals surface area contributed by atoms with Crippen LogP contribution in [-0.2, 0) is 14.3 Å². The average Bonchev–Trinajstić information content (AvgIpc) is 3.30. The molecule has 3 aliphatic rings. The number of rotatable bonds is 2. The lowest BCUT2D eigenvalue weighted by molar-refractivity contribution is -0.124. The summed E-state index contributed by atoms with van der Waals surface area (Å²) >= 11 is 5.93. The first-order valence-electron chi connectivity index (χ1n) is 8.53. The molecule has 0 aliphatic carbocycles. The van der Waals surface area contributed by atoms with Crippen LogP contribution in [0.5, 0.6) is 0 Å². The van der Waals surface area contributed by atoms with E-state index in [0.29, 0.717) is 10.7 Å². The molecule has 2 amide bonds. The Bertz CT molecular complexity index is 834. The molecule has 0 unspecified atom stereocenters. The summed E-state index contributed by atoms with van der Waals surface area (Å²) in [5.41, 5.74) is 2.70. The summed E-state index contributed by atoms with van der Waals surface area (Å²) in [5, 5.41) is 0.692. The largest absolute Gasteiger partial charge is 0.373 e. The first kappa shape index (κ1) is 15.1. The molecule has 0 saturated carbocycles. The van der Waals surface area contributed by atoms with Crippen molar-refractivity contribution in [1.29, 1.82) is 0 Å². The standard InChI is InChI=1S/C20H16ClNO3/c21-13-5-1-11(2-6-13)12-3-7-14(8-4-12)22-19(23)17-15-9-10-16(25-15)18(17)20(22)24/h1-8,15-18H,9-10H2/t15-,16-,17-,18+/m1/s1. The van der Waals surface area contributed by atoms with Crippen LogP contribution in [-0.4, -0.2) is 24.0 Å². The van der Waals surface area contributed by atoms with Gasteiger partial charge in [-0.05, 0) is 48.2 Å². The van der Waals surface area contributed by atoms with E-state index in [1.165, 1.54) is 4.90 Å².